The maximum Gasteiger partial charge on any atom is 0.220 e. The molecule has 0 unspecified atom stereocenters. The van der Waals surface area contributed by atoms with Crippen LogP contribution in [0.5, 0.6) is 0 Å². The Kier molecular flexibility index (Phi) is 7.26. The molecule has 148 valence electrons. The number of carbonyl (C=O) groups is 1. The number of amides is 1. The van der Waals surface area contributed by atoms with E-state index in [-0.39, 0.29) is 5.91 Å². The number of carbonyl (C=O) groups excluding carboxylic acids is 1. The van der Waals surface area contributed by atoms with Gasteiger partial charge in [0.2, 0.25) is 5.91 Å². The number of aromatic amines is 1. The van der Waals surface area contributed by atoms with Crippen LogP contribution in [0.3, 0.4) is 0 Å². The highest BCUT2D eigenvalue weighted by Gasteiger charge is 2.06. The zero-order valence-corrected chi connectivity index (χ0v) is 17.0. The minimum absolute atomic E-state index is 0.118. The van der Waals surface area contributed by atoms with E-state index in [1.54, 1.807) is 0 Å². The molecule has 0 saturated carbocycles. The molecule has 0 radical (unpaired) electrons. The van der Waals surface area contributed by atoms with Gasteiger partial charge in [0.05, 0.1) is 0 Å². The van der Waals surface area contributed by atoms with Crippen LogP contribution in [0.1, 0.15) is 43.4 Å². The van der Waals surface area contributed by atoms with Gasteiger partial charge >= 0.3 is 0 Å². The van der Waals surface area contributed by atoms with E-state index in [4.69, 9.17) is 0 Å². The molecule has 4 heteroatoms. The van der Waals surface area contributed by atoms with Crippen molar-refractivity contribution in [2.75, 3.05) is 13.1 Å². The molecule has 3 rings (SSSR count). The standard InChI is InChI=1S/C24H31N3O/c1-3-27(4-2)18-20-14-12-19(13-15-20)16-26-24(28)11-7-8-21-17-25-23-10-6-5-9-22(21)23/h5-6,9-10,12-15,17,25H,3-4,7-8,11,16,18H2,1-2H3,(H,26,28). The summed E-state index contributed by atoms with van der Waals surface area (Å²) in [7, 11) is 0. The van der Waals surface area contributed by atoms with Crippen molar-refractivity contribution in [2.45, 2.75) is 46.2 Å². The van der Waals surface area contributed by atoms with E-state index >= 15 is 0 Å². The van der Waals surface area contributed by atoms with Gasteiger partial charge < -0.3 is 10.3 Å². The molecule has 28 heavy (non-hydrogen) atoms. The molecule has 2 aromatic carbocycles. The van der Waals surface area contributed by atoms with Crippen molar-refractivity contribution in [1.82, 2.24) is 15.2 Å². The lowest BCUT2D eigenvalue weighted by atomic mass is 10.1. The third kappa shape index (κ3) is 5.46. The van der Waals surface area contributed by atoms with Crippen molar-refractivity contribution >= 4 is 16.8 Å². The van der Waals surface area contributed by atoms with Crippen LogP contribution in [0.15, 0.2) is 54.7 Å². The van der Waals surface area contributed by atoms with Gasteiger partial charge in [-0.25, -0.2) is 0 Å². The Morgan fingerprint density at radius 2 is 1.71 bits per heavy atom. The Bertz CT molecular complexity index is 878. The zero-order chi connectivity index (χ0) is 19.8. The lowest BCUT2D eigenvalue weighted by Crippen LogP contribution is -2.23. The number of hydrogen-bond acceptors (Lipinski definition) is 2. The lowest BCUT2D eigenvalue weighted by molar-refractivity contribution is -0.121. The first-order chi connectivity index (χ1) is 13.7. The molecule has 1 amide bonds. The van der Waals surface area contributed by atoms with Crippen LogP contribution < -0.4 is 5.32 Å². The van der Waals surface area contributed by atoms with E-state index in [0.29, 0.717) is 13.0 Å². The largest absolute Gasteiger partial charge is 0.361 e. The summed E-state index contributed by atoms with van der Waals surface area (Å²) in [5.41, 5.74) is 4.91. The second kappa shape index (κ2) is 10.1. The van der Waals surface area contributed by atoms with E-state index in [2.05, 4.69) is 77.7 Å². The number of nitrogens with zero attached hydrogens (tertiary/aromatic N) is 1. The second-order valence-corrected chi connectivity index (χ2v) is 7.27. The van der Waals surface area contributed by atoms with Crippen molar-refractivity contribution in [1.29, 1.82) is 0 Å². The number of nitrogens with one attached hydrogen (secondary N) is 2. The summed E-state index contributed by atoms with van der Waals surface area (Å²) in [5, 5.41) is 4.30. The number of aromatic nitrogens is 1. The fourth-order valence-corrected chi connectivity index (χ4v) is 3.53. The van der Waals surface area contributed by atoms with Crippen LogP contribution >= 0.6 is 0 Å². The van der Waals surface area contributed by atoms with Gasteiger partial charge in [0, 0.05) is 36.6 Å². The van der Waals surface area contributed by atoms with Crippen molar-refractivity contribution in [3.8, 4) is 0 Å². The van der Waals surface area contributed by atoms with Crippen molar-refractivity contribution in [3.63, 3.8) is 0 Å². The molecule has 0 aliphatic rings. The Hall–Kier alpha value is -2.59. The molecular weight excluding hydrogens is 346 g/mol. The van der Waals surface area contributed by atoms with Gasteiger partial charge in [-0.05, 0) is 48.7 Å². The number of H-pyrrole nitrogens is 1. The van der Waals surface area contributed by atoms with E-state index in [1.165, 1.54) is 16.5 Å². The summed E-state index contributed by atoms with van der Waals surface area (Å²) in [5.74, 6) is 0.118. The highest BCUT2D eigenvalue weighted by Crippen LogP contribution is 2.19. The van der Waals surface area contributed by atoms with Gasteiger partial charge in [-0.15, -0.1) is 0 Å². The number of fused-ring (bicyclic) bond motifs is 1. The summed E-state index contributed by atoms with van der Waals surface area (Å²) in [6.07, 6.45) is 4.38. The average molecular weight is 378 g/mol. The molecule has 4 nitrogen and oxygen atoms in total. The van der Waals surface area contributed by atoms with Crippen LogP contribution in [0.25, 0.3) is 10.9 Å². The van der Waals surface area contributed by atoms with Gasteiger partial charge in [-0.1, -0.05) is 56.3 Å². The van der Waals surface area contributed by atoms with Gasteiger partial charge in [-0.3, -0.25) is 9.69 Å². The van der Waals surface area contributed by atoms with E-state index in [0.717, 1.165) is 43.6 Å². The maximum atomic E-state index is 12.2. The molecule has 1 aromatic heterocycles. The lowest BCUT2D eigenvalue weighted by Gasteiger charge is -2.18. The van der Waals surface area contributed by atoms with Crippen molar-refractivity contribution in [3.05, 3.63) is 71.4 Å². The van der Waals surface area contributed by atoms with Crippen LogP contribution in [-0.2, 0) is 24.3 Å². The average Bonchev–Trinajstić information content (AvgIpc) is 3.14. The Morgan fingerprint density at radius 3 is 2.46 bits per heavy atom. The smallest absolute Gasteiger partial charge is 0.220 e. The molecule has 3 aromatic rings. The van der Waals surface area contributed by atoms with Gasteiger partial charge in [0.25, 0.3) is 0 Å². The predicted octanol–water partition coefficient (Wildman–Crippen LogP) is 4.65. The van der Waals surface area contributed by atoms with Crippen LogP contribution in [-0.4, -0.2) is 28.9 Å². The summed E-state index contributed by atoms with van der Waals surface area (Å²) in [4.78, 5) is 17.9. The summed E-state index contributed by atoms with van der Waals surface area (Å²) in [6.45, 7) is 8.07. The molecular formula is C24H31N3O. The molecule has 0 aliphatic heterocycles. The van der Waals surface area contributed by atoms with E-state index in [9.17, 15) is 4.79 Å². The number of rotatable bonds is 10. The van der Waals surface area contributed by atoms with Gasteiger partial charge in [-0.2, -0.15) is 0 Å². The minimum Gasteiger partial charge on any atom is -0.361 e. The quantitative estimate of drug-likeness (QED) is 0.540. The Morgan fingerprint density at radius 1 is 1.00 bits per heavy atom. The summed E-state index contributed by atoms with van der Waals surface area (Å²) in [6, 6.07) is 16.9. The third-order valence-electron chi connectivity index (χ3n) is 5.34. The Balaban J connectivity index is 1.40. The number of benzene rings is 2. The number of aryl methyl sites for hydroxylation is 1. The second-order valence-electron chi connectivity index (χ2n) is 7.27. The molecule has 0 spiro atoms. The normalized spacial score (nSPS) is 11.2. The van der Waals surface area contributed by atoms with E-state index in [1.807, 2.05) is 6.07 Å². The first-order valence-electron chi connectivity index (χ1n) is 10.3. The third-order valence-corrected chi connectivity index (χ3v) is 5.34. The van der Waals surface area contributed by atoms with E-state index < -0.39 is 0 Å². The SMILES string of the molecule is CCN(CC)Cc1ccc(CNC(=O)CCCc2c[nH]c3ccccc23)cc1. The number of hydrogen-bond donors (Lipinski definition) is 2. The zero-order valence-electron chi connectivity index (χ0n) is 17.0. The van der Waals surface area contributed by atoms with Crippen LogP contribution in [0.2, 0.25) is 0 Å². The maximum absolute atomic E-state index is 12.2. The molecule has 0 atom stereocenters. The summed E-state index contributed by atoms with van der Waals surface area (Å²) < 4.78 is 0. The monoisotopic (exact) mass is 377 g/mol. The van der Waals surface area contributed by atoms with Crippen LogP contribution in [0.4, 0.5) is 0 Å². The Labute approximate surface area is 167 Å². The minimum atomic E-state index is 0.118. The first kappa shape index (κ1) is 20.2. The fraction of sp³-hybridized carbons (Fsp3) is 0.375. The summed E-state index contributed by atoms with van der Waals surface area (Å²) >= 11 is 0. The molecule has 1 heterocycles. The topological polar surface area (TPSA) is 48.1 Å². The van der Waals surface area contributed by atoms with Crippen LogP contribution in [0, 0.1) is 0 Å². The molecule has 0 saturated heterocycles. The molecule has 0 aliphatic carbocycles. The highest BCUT2D eigenvalue weighted by molar-refractivity contribution is 5.83. The van der Waals surface area contributed by atoms with Gasteiger partial charge in [0.15, 0.2) is 0 Å². The van der Waals surface area contributed by atoms with Crippen molar-refractivity contribution in [2.24, 2.45) is 0 Å². The van der Waals surface area contributed by atoms with Gasteiger partial charge in [0.1, 0.15) is 0 Å². The molecule has 0 fully saturated rings. The fourth-order valence-electron chi connectivity index (χ4n) is 3.53. The van der Waals surface area contributed by atoms with Crippen molar-refractivity contribution < 1.29 is 4.79 Å². The molecule has 0 bridgehead atoms. The highest BCUT2D eigenvalue weighted by atomic mass is 16.1. The predicted molar refractivity (Wildman–Crippen MR) is 116 cm³/mol. The number of para-hydroxylation sites is 1. The molecule has 2 N–H and O–H groups in total. The first-order valence-corrected chi connectivity index (χ1v) is 10.3.